The predicted molar refractivity (Wildman–Crippen MR) is 86.1 cm³/mol. The van der Waals surface area contributed by atoms with Gasteiger partial charge in [0.15, 0.2) is 0 Å². The van der Waals surface area contributed by atoms with E-state index >= 15 is 0 Å². The van der Waals surface area contributed by atoms with Crippen LogP contribution in [-0.4, -0.2) is 38.4 Å². The molecule has 0 spiro atoms. The molecule has 0 bridgehead atoms. The average Bonchev–Trinajstić information content (AvgIpc) is 2.81. The molecule has 1 amide bonds. The lowest BCUT2D eigenvalue weighted by Crippen LogP contribution is -2.34. The van der Waals surface area contributed by atoms with Gasteiger partial charge in [0.2, 0.25) is 15.9 Å². The number of hydrogen-bond donors (Lipinski definition) is 1. The predicted octanol–water partition coefficient (Wildman–Crippen LogP) is 1.84. The normalized spacial score (nSPS) is 19.2. The maximum Gasteiger partial charge on any atom is 0.240 e. The minimum absolute atomic E-state index is 0.0368. The molecule has 1 saturated heterocycles. The van der Waals surface area contributed by atoms with E-state index < -0.39 is 10.0 Å². The van der Waals surface area contributed by atoms with Crippen LogP contribution in [0.25, 0.3) is 0 Å². The third kappa shape index (κ3) is 3.67. The van der Waals surface area contributed by atoms with Gasteiger partial charge in [-0.2, -0.15) is 0 Å². The summed E-state index contributed by atoms with van der Waals surface area (Å²) in [6, 6.07) is 5.54. The fourth-order valence-electron chi connectivity index (χ4n) is 2.75. The molecule has 1 atom stereocenters. The van der Waals surface area contributed by atoms with Crippen LogP contribution in [0.5, 0.6) is 0 Å². The Morgan fingerprint density at radius 3 is 2.59 bits per heavy atom. The summed E-state index contributed by atoms with van der Waals surface area (Å²) in [4.78, 5) is 14.0. The van der Waals surface area contributed by atoms with Crippen molar-refractivity contribution in [3.63, 3.8) is 0 Å². The maximum absolute atomic E-state index is 12.4. The highest BCUT2D eigenvalue weighted by molar-refractivity contribution is 7.89. The van der Waals surface area contributed by atoms with Gasteiger partial charge in [0.25, 0.3) is 0 Å². The fourth-order valence-corrected chi connectivity index (χ4v) is 4.19. The Hall–Kier alpha value is -1.40. The average molecular weight is 324 g/mol. The van der Waals surface area contributed by atoms with Crippen LogP contribution in [0, 0.1) is 19.8 Å². The minimum Gasteiger partial charge on any atom is -0.340 e. The van der Waals surface area contributed by atoms with Crippen molar-refractivity contribution in [1.82, 2.24) is 9.62 Å². The van der Waals surface area contributed by atoms with Crippen molar-refractivity contribution in [1.29, 1.82) is 0 Å². The summed E-state index contributed by atoms with van der Waals surface area (Å²) < 4.78 is 27.6. The summed E-state index contributed by atoms with van der Waals surface area (Å²) in [5.41, 5.74) is 1.64. The van der Waals surface area contributed by atoms with Crippen molar-refractivity contribution in [2.75, 3.05) is 13.1 Å². The monoisotopic (exact) mass is 324 g/mol. The van der Waals surface area contributed by atoms with E-state index in [2.05, 4.69) is 4.72 Å². The van der Waals surface area contributed by atoms with Gasteiger partial charge >= 0.3 is 0 Å². The Bertz CT molecular complexity index is 668. The lowest BCUT2D eigenvalue weighted by atomic mass is 10.1. The molecule has 1 fully saturated rings. The number of hydrogen-bond acceptors (Lipinski definition) is 3. The summed E-state index contributed by atoms with van der Waals surface area (Å²) in [5, 5.41) is 0. The van der Waals surface area contributed by atoms with Crippen LogP contribution >= 0.6 is 0 Å². The van der Waals surface area contributed by atoms with Crippen LogP contribution in [0.15, 0.2) is 23.1 Å². The smallest absolute Gasteiger partial charge is 0.240 e. The first-order valence-corrected chi connectivity index (χ1v) is 9.05. The molecule has 6 heteroatoms. The first kappa shape index (κ1) is 17.0. The highest BCUT2D eigenvalue weighted by Crippen LogP contribution is 2.21. The summed E-state index contributed by atoms with van der Waals surface area (Å²) in [5.74, 6) is 0.140. The van der Waals surface area contributed by atoms with E-state index in [0.29, 0.717) is 24.4 Å². The number of carbonyl (C=O) groups is 1. The molecule has 22 heavy (non-hydrogen) atoms. The van der Waals surface area contributed by atoms with E-state index in [1.807, 2.05) is 32.9 Å². The highest BCUT2D eigenvalue weighted by atomic mass is 32.2. The zero-order chi connectivity index (χ0) is 16.5. The van der Waals surface area contributed by atoms with Crippen molar-refractivity contribution in [3.05, 3.63) is 29.3 Å². The van der Waals surface area contributed by atoms with Crippen molar-refractivity contribution in [3.8, 4) is 0 Å². The van der Waals surface area contributed by atoms with Gasteiger partial charge in [-0.05, 0) is 50.8 Å². The Morgan fingerprint density at radius 1 is 1.32 bits per heavy atom. The topological polar surface area (TPSA) is 66.5 Å². The van der Waals surface area contributed by atoms with Crippen molar-refractivity contribution < 1.29 is 13.2 Å². The summed E-state index contributed by atoms with van der Waals surface area (Å²) in [7, 11) is -3.54. The zero-order valence-electron chi connectivity index (χ0n) is 13.6. The van der Waals surface area contributed by atoms with Gasteiger partial charge in [0.1, 0.15) is 0 Å². The van der Waals surface area contributed by atoms with Gasteiger partial charge in [-0.1, -0.05) is 12.1 Å². The molecule has 0 aromatic heterocycles. The molecule has 122 valence electrons. The lowest BCUT2D eigenvalue weighted by molar-refractivity contribution is -0.129. The number of likely N-dealkylation sites (tertiary alicyclic amines) is 1. The van der Waals surface area contributed by atoms with Crippen molar-refractivity contribution in [2.45, 2.75) is 45.1 Å². The molecule has 1 N–H and O–H groups in total. The molecule has 0 saturated carbocycles. The second kappa shape index (κ2) is 6.38. The fraction of sp³-hybridized carbons (Fsp3) is 0.562. The largest absolute Gasteiger partial charge is 0.340 e. The SMILES string of the molecule is Cc1ccc(C)c(S(=O)(=O)NCC2CC(=O)N(C(C)C)C2)c1. The van der Waals surface area contributed by atoms with Gasteiger partial charge in [-0.25, -0.2) is 13.1 Å². The van der Waals surface area contributed by atoms with Gasteiger partial charge in [0, 0.05) is 25.6 Å². The Morgan fingerprint density at radius 2 is 2.00 bits per heavy atom. The number of carbonyl (C=O) groups excluding carboxylic acids is 1. The molecular formula is C16H24N2O3S. The maximum atomic E-state index is 12.4. The lowest BCUT2D eigenvalue weighted by Gasteiger charge is -2.21. The van der Waals surface area contributed by atoms with E-state index in [9.17, 15) is 13.2 Å². The molecule has 0 radical (unpaired) electrons. The number of amides is 1. The number of sulfonamides is 1. The van der Waals surface area contributed by atoms with Gasteiger partial charge in [0.05, 0.1) is 4.90 Å². The van der Waals surface area contributed by atoms with Gasteiger partial charge in [-0.15, -0.1) is 0 Å². The van der Waals surface area contributed by atoms with E-state index in [-0.39, 0.29) is 17.9 Å². The second-order valence-electron chi connectivity index (χ2n) is 6.33. The molecule has 0 aliphatic carbocycles. The van der Waals surface area contributed by atoms with Crippen molar-refractivity contribution in [2.24, 2.45) is 5.92 Å². The first-order valence-electron chi connectivity index (χ1n) is 7.57. The third-order valence-electron chi connectivity index (χ3n) is 4.06. The molecule has 1 heterocycles. The highest BCUT2D eigenvalue weighted by Gasteiger charge is 2.32. The zero-order valence-corrected chi connectivity index (χ0v) is 14.4. The van der Waals surface area contributed by atoms with Crippen LogP contribution in [-0.2, 0) is 14.8 Å². The Kier molecular flexibility index (Phi) is 4.92. The van der Waals surface area contributed by atoms with Crippen molar-refractivity contribution >= 4 is 15.9 Å². The summed E-state index contributed by atoms with van der Waals surface area (Å²) in [6.45, 7) is 8.51. The standard InChI is InChI=1S/C16H24N2O3S/c1-11(2)18-10-14(8-16(18)19)9-17-22(20,21)15-7-12(3)5-6-13(15)4/h5-7,11,14,17H,8-10H2,1-4H3. The quantitative estimate of drug-likeness (QED) is 0.899. The van der Waals surface area contributed by atoms with Gasteiger partial charge in [-0.3, -0.25) is 4.79 Å². The molecule has 2 rings (SSSR count). The Balaban J connectivity index is 2.05. The van der Waals surface area contributed by atoms with E-state index in [1.54, 1.807) is 17.9 Å². The summed E-state index contributed by atoms with van der Waals surface area (Å²) >= 11 is 0. The van der Waals surface area contributed by atoms with E-state index in [4.69, 9.17) is 0 Å². The van der Waals surface area contributed by atoms with Gasteiger partial charge < -0.3 is 4.90 Å². The molecule has 1 aromatic rings. The Labute approximate surface area is 132 Å². The molecule has 1 aromatic carbocycles. The first-order chi connectivity index (χ1) is 10.2. The molecule has 5 nitrogen and oxygen atoms in total. The number of rotatable bonds is 5. The number of benzene rings is 1. The molecule has 1 unspecified atom stereocenters. The van der Waals surface area contributed by atoms with Crippen LogP contribution in [0.2, 0.25) is 0 Å². The molecule has 1 aliphatic rings. The van der Waals surface area contributed by atoms with Crippen LogP contribution in [0.1, 0.15) is 31.4 Å². The number of aryl methyl sites for hydroxylation is 2. The van der Waals surface area contributed by atoms with Crippen LogP contribution in [0.4, 0.5) is 0 Å². The molecule has 1 aliphatic heterocycles. The van der Waals surface area contributed by atoms with E-state index in [0.717, 1.165) is 11.1 Å². The summed E-state index contributed by atoms with van der Waals surface area (Å²) in [6.07, 6.45) is 0.410. The number of nitrogens with zero attached hydrogens (tertiary/aromatic N) is 1. The van der Waals surface area contributed by atoms with E-state index in [1.165, 1.54) is 0 Å². The number of nitrogens with one attached hydrogen (secondary N) is 1. The third-order valence-corrected chi connectivity index (χ3v) is 5.62. The minimum atomic E-state index is -3.54. The van der Waals surface area contributed by atoms with Crippen LogP contribution in [0.3, 0.4) is 0 Å². The van der Waals surface area contributed by atoms with Crippen LogP contribution < -0.4 is 4.72 Å². The second-order valence-corrected chi connectivity index (χ2v) is 8.07. The molecular weight excluding hydrogens is 300 g/mol.